The van der Waals surface area contributed by atoms with Crippen LogP contribution in [0.15, 0.2) is 73.1 Å². The van der Waals surface area contributed by atoms with E-state index in [1.165, 1.54) is 6.07 Å². The molecule has 2 aromatic carbocycles. The van der Waals surface area contributed by atoms with Crippen molar-refractivity contribution < 1.29 is 22.7 Å². The predicted molar refractivity (Wildman–Crippen MR) is 166 cm³/mol. The van der Waals surface area contributed by atoms with Gasteiger partial charge in [-0.2, -0.15) is 0 Å². The third-order valence-corrected chi connectivity index (χ3v) is 8.61. The zero-order valence-corrected chi connectivity index (χ0v) is 24.9. The average molecular weight is 612 g/mol. The van der Waals surface area contributed by atoms with Crippen LogP contribution in [0.5, 0.6) is 5.75 Å². The molecular formula is C30H34ClN5O5S. The van der Waals surface area contributed by atoms with Crippen LogP contribution in [-0.2, 0) is 19.6 Å². The Morgan fingerprint density at radius 3 is 2.57 bits per heavy atom. The van der Waals surface area contributed by atoms with Gasteiger partial charge in [-0.25, -0.2) is 8.42 Å². The molecular weight excluding hydrogens is 578 g/mol. The summed E-state index contributed by atoms with van der Waals surface area (Å²) in [5.41, 5.74) is 8.27. The number of anilines is 2. The van der Waals surface area contributed by atoms with Crippen molar-refractivity contribution in [3.63, 3.8) is 0 Å². The van der Waals surface area contributed by atoms with Crippen LogP contribution >= 0.6 is 11.6 Å². The minimum atomic E-state index is -4.12. The number of nitrogens with zero attached hydrogens (tertiary/aromatic N) is 3. The van der Waals surface area contributed by atoms with Gasteiger partial charge in [0.1, 0.15) is 17.7 Å². The summed E-state index contributed by atoms with van der Waals surface area (Å²) in [5.74, 6) is -1.27. The molecule has 0 amide bonds. The third kappa shape index (κ3) is 8.23. The molecule has 1 aliphatic heterocycles. The van der Waals surface area contributed by atoms with Gasteiger partial charge < -0.3 is 20.1 Å². The van der Waals surface area contributed by atoms with Gasteiger partial charge in [0, 0.05) is 49.6 Å². The topological polar surface area (TPSA) is 139 Å². The number of hydrogen-bond acceptors (Lipinski definition) is 8. The first kappa shape index (κ1) is 30.9. The van der Waals surface area contributed by atoms with Gasteiger partial charge in [0.25, 0.3) is 0 Å². The predicted octanol–water partition coefficient (Wildman–Crippen LogP) is 4.48. The fourth-order valence-electron chi connectivity index (χ4n) is 4.61. The summed E-state index contributed by atoms with van der Waals surface area (Å²) in [4.78, 5) is 18.5. The third-order valence-electron chi connectivity index (χ3n) is 6.69. The molecule has 3 aromatic rings. The van der Waals surface area contributed by atoms with E-state index in [1.54, 1.807) is 61.8 Å². The Balaban J connectivity index is 1.49. The minimum Gasteiger partial charge on any atom is -0.489 e. The summed E-state index contributed by atoms with van der Waals surface area (Å²) in [5, 5.41) is 7.89. The van der Waals surface area contributed by atoms with E-state index in [4.69, 9.17) is 32.2 Å². The van der Waals surface area contributed by atoms with Crippen molar-refractivity contribution >= 4 is 50.9 Å². The number of nitrogen functional groups attached to an aromatic ring is 1. The Morgan fingerprint density at radius 2 is 1.90 bits per heavy atom. The summed E-state index contributed by atoms with van der Waals surface area (Å²) in [6.07, 6.45) is 8.48. The second-order valence-electron chi connectivity index (χ2n) is 9.66. The highest BCUT2D eigenvalue weighted by atomic mass is 35.5. The zero-order chi connectivity index (χ0) is 30.1. The first-order chi connectivity index (χ1) is 20.2. The Labute approximate surface area is 251 Å². The highest BCUT2D eigenvalue weighted by Gasteiger charge is 2.27. The Kier molecular flexibility index (Phi) is 10.4. The molecule has 0 atom stereocenters. The number of aromatic nitrogens is 1. The molecule has 0 spiro atoms. The molecule has 10 nitrogen and oxygen atoms in total. The van der Waals surface area contributed by atoms with Crippen molar-refractivity contribution in [2.45, 2.75) is 25.9 Å². The number of esters is 1. The SMILES string of the molecule is CCOC(=O)CS(=O)(=O)N(CC=Cc1cccc(C(=N)N)c1)c1ccc(OC2CCN(c3ccncc3)CC2)c(Cl)c1. The fraction of sp³-hybridized carbons (Fsp3) is 0.300. The number of carbonyl (C=O) groups is 1. The van der Waals surface area contributed by atoms with E-state index in [0.29, 0.717) is 11.3 Å². The number of nitrogens with two attached hydrogens (primary N) is 1. The number of benzene rings is 2. The molecule has 0 bridgehead atoms. The maximum Gasteiger partial charge on any atom is 0.323 e. The number of piperidine rings is 1. The fourth-order valence-corrected chi connectivity index (χ4v) is 6.11. The summed E-state index contributed by atoms with van der Waals surface area (Å²) in [6.45, 7) is 3.26. The molecule has 42 heavy (non-hydrogen) atoms. The van der Waals surface area contributed by atoms with E-state index in [-0.39, 0.29) is 35.8 Å². The molecule has 12 heteroatoms. The van der Waals surface area contributed by atoms with Crippen LogP contribution in [0.2, 0.25) is 5.02 Å². The smallest absolute Gasteiger partial charge is 0.323 e. The number of nitrogens with one attached hydrogen (secondary N) is 1. The zero-order valence-electron chi connectivity index (χ0n) is 23.3. The van der Waals surface area contributed by atoms with Gasteiger partial charge in [-0.1, -0.05) is 42.0 Å². The summed E-state index contributed by atoms with van der Waals surface area (Å²) in [6, 6.07) is 15.8. The molecule has 222 valence electrons. The van der Waals surface area contributed by atoms with Crippen molar-refractivity contribution in [3.8, 4) is 5.75 Å². The van der Waals surface area contributed by atoms with E-state index < -0.39 is 21.7 Å². The minimum absolute atomic E-state index is 0.0382. The maximum atomic E-state index is 13.3. The standard InChI is InChI=1S/C30H34ClN5O5S/c1-2-40-29(37)21-42(38,39)36(16-4-6-22-5-3-7-23(19-22)30(32)33)25-8-9-28(27(31)20-25)41-26-12-17-35(18-13-26)24-10-14-34-15-11-24/h3-11,14-15,19-20,26H,2,12-13,16-18,21H2,1H3,(H3,32,33). The summed E-state index contributed by atoms with van der Waals surface area (Å²) < 4.78 is 38.9. The highest BCUT2D eigenvalue weighted by molar-refractivity contribution is 7.93. The second kappa shape index (κ2) is 14.2. The van der Waals surface area contributed by atoms with Crippen LogP contribution in [-0.4, -0.2) is 63.3 Å². The van der Waals surface area contributed by atoms with E-state index in [1.807, 2.05) is 18.2 Å². The molecule has 0 unspecified atom stereocenters. The molecule has 0 radical (unpaired) electrons. The van der Waals surface area contributed by atoms with Crippen molar-refractivity contribution in [1.29, 1.82) is 5.41 Å². The lowest BCUT2D eigenvalue weighted by molar-refractivity contribution is -0.139. The molecule has 1 aliphatic rings. The van der Waals surface area contributed by atoms with Gasteiger partial charge in [0.15, 0.2) is 5.75 Å². The van der Waals surface area contributed by atoms with Crippen LogP contribution in [0.4, 0.5) is 11.4 Å². The van der Waals surface area contributed by atoms with Crippen molar-refractivity contribution in [3.05, 3.63) is 89.2 Å². The van der Waals surface area contributed by atoms with Gasteiger partial charge in [0.05, 0.1) is 23.9 Å². The van der Waals surface area contributed by atoms with E-state index >= 15 is 0 Å². The van der Waals surface area contributed by atoms with Gasteiger partial charge in [-0.05, 0) is 48.9 Å². The molecule has 4 rings (SSSR count). The first-order valence-electron chi connectivity index (χ1n) is 13.5. The van der Waals surface area contributed by atoms with E-state index in [9.17, 15) is 13.2 Å². The van der Waals surface area contributed by atoms with Crippen molar-refractivity contribution in [2.75, 3.05) is 41.2 Å². The number of halogens is 1. The number of pyridine rings is 1. The van der Waals surface area contributed by atoms with Gasteiger partial charge in [0.2, 0.25) is 10.0 Å². The molecule has 1 saturated heterocycles. The number of hydrogen-bond donors (Lipinski definition) is 2. The largest absolute Gasteiger partial charge is 0.489 e. The Morgan fingerprint density at radius 1 is 1.17 bits per heavy atom. The van der Waals surface area contributed by atoms with E-state index in [0.717, 1.165) is 41.5 Å². The molecule has 1 fully saturated rings. The number of carbonyl (C=O) groups excluding carboxylic acids is 1. The summed E-state index contributed by atoms with van der Waals surface area (Å²) >= 11 is 6.59. The van der Waals surface area contributed by atoms with Crippen molar-refractivity contribution in [1.82, 2.24) is 4.98 Å². The van der Waals surface area contributed by atoms with Gasteiger partial charge in [-0.3, -0.25) is 19.5 Å². The number of rotatable bonds is 12. The van der Waals surface area contributed by atoms with E-state index in [2.05, 4.69) is 9.88 Å². The maximum absolute atomic E-state index is 13.3. The second-order valence-corrected chi connectivity index (χ2v) is 12.0. The average Bonchev–Trinajstić information content (AvgIpc) is 2.97. The Bertz CT molecular complexity index is 1530. The molecule has 0 aliphatic carbocycles. The van der Waals surface area contributed by atoms with Crippen molar-refractivity contribution in [2.24, 2.45) is 5.73 Å². The monoisotopic (exact) mass is 611 g/mol. The molecule has 3 N–H and O–H groups in total. The van der Waals surface area contributed by atoms with Crippen LogP contribution < -0.4 is 19.7 Å². The van der Waals surface area contributed by atoms with Gasteiger partial charge >= 0.3 is 5.97 Å². The number of amidine groups is 1. The molecule has 2 heterocycles. The normalized spacial score (nSPS) is 14.1. The van der Waals surface area contributed by atoms with Gasteiger partial charge in [-0.15, -0.1) is 0 Å². The summed E-state index contributed by atoms with van der Waals surface area (Å²) in [7, 11) is -4.12. The molecule has 1 aromatic heterocycles. The highest BCUT2D eigenvalue weighted by Crippen LogP contribution is 2.33. The quantitative estimate of drug-likeness (QED) is 0.174. The number of sulfonamides is 1. The lowest BCUT2D eigenvalue weighted by Crippen LogP contribution is -2.38. The number of ether oxygens (including phenoxy) is 2. The first-order valence-corrected chi connectivity index (χ1v) is 15.5. The lowest BCUT2D eigenvalue weighted by Gasteiger charge is -2.33. The van der Waals surface area contributed by atoms with Crippen LogP contribution in [0.3, 0.4) is 0 Å². The lowest BCUT2D eigenvalue weighted by atomic mass is 10.1. The van der Waals surface area contributed by atoms with Crippen LogP contribution in [0.25, 0.3) is 6.08 Å². The van der Waals surface area contributed by atoms with Crippen LogP contribution in [0, 0.1) is 5.41 Å². The van der Waals surface area contributed by atoms with Crippen LogP contribution in [0.1, 0.15) is 30.9 Å². The Hall–Kier alpha value is -4.09. The molecule has 0 saturated carbocycles.